The Labute approximate surface area is 65.2 Å². The number of ether oxygens (including phenoxy) is 2. The van der Waals surface area contributed by atoms with E-state index in [0.29, 0.717) is 20.0 Å². The molecule has 62 valence electrons. The van der Waals surface area contributed by atoms with Crippen LogP contribution in [0.4, 0.5) is 0 Å². The first-order valence-corrected chi connectivity index (χ1v) is 3.41. The molecule has 0 aromatic carbocycles. The molecule has 1 heterocycles. The van der Waals surface area contributed by atoms with Crippen molar-refractivity contribution >= 4 is 5.91 Å². The van der Waals surface area contributed by atoms with E-state index in [1.54, 1.807) is 0 Å². The van der Waals surface area contributed by atoms with Gasteiger partial charge in [0, 0.05) is 0 Å². The highest BCUT2D eigenvalue weighted by molar-refractivity contribution is 5.87. The van der Waals surface area contributed by atoms with E-state index in [-0.39, 0.29) is 11.9 Å². The molecule has 1 fully saturated rings. The molecule has 0 radical (unpaired) electrons. The highest BCUT2D eigenvalue weighted by Crippen LogP contribution is 1.95. The minimum absolute atomic E-state index is 0.0331. The summed E-state index contributed by atoms with van der Waals surface area (Å²) in [6.07, 6.45) is 1.23. The molecule has 11 heavy (non-hydrogen) atoms. The predicted molar refractivity (Wildman–Crippen MR) is 38.9 cm³/mol. The molecule has 1 saturated heterocycles. The Morgan fingerprint density at radius 1 is 1.55 bits per heavy atom. The molecule has 0 atom stereocenters. The minimum atomic E-state index is -0.191. The zero-order valence-corrected chi connectivity index (χ0v) is 6.21. The van der Waals surface area contributed by atoms with Gasteiger partial charge in [0.25, 0.3) is 0 Å². The molecule has 4 nitrogen and oxygen atoms in total. The molecule has 0 aliphatic carbocycles. The van der Waals surface area contributed by atoms with Crippen LogP contribution in [-0.2, 0) is 14.3 Å². The molecule has 0 saturated carbocycles. The smallest absolute Gasteiger partial charge is 0.243 e. The standard InChI is InChI=1S/C7H11NO3/c1-2-7(9)8-6-3-10-5-11-4-6/h2,6H,1,3-5H2,(H,8,9). The number of nitrogens with one attached hydrogen (secondary N) is 1. The van der Waals surface area contributed by atoms with E-state index in [2.05, 4.69) is 11.9 Å². The Balaban J connectivity index is 2.24. The number of amides is 1. The summed E-state index contributed by atoms with van der Waals surface area (Å²) in [4.78, 5) is 10.7. The SMILES string of the molecule is C=CC(=O)NC1COCOC1. The van der Waals surface area contributed by atoms with Gasteiger partial charge in [0.2, 0.25) is 5.91 Å². The zero-order valence-electron chi connectivity index (χ0n) is 6.21. The van der Waals surface area contributed by atoms with Gasteiger partial charge < -0.3 is 14.8 Å². The summed E-state index contributed by atoms with van der Waals surface area (Å²) in [6, 6.07) is -0.0331. The quantitative estimate of drug-likeness (QED) is 0.558. The molecule has 1 rings (SSSR count). The molecular formula is C7H11NO3. The average molecular weight is 157 g/mol. The van der Waals surface area contributed by atoms with Crippen LogP contribution in [0.25, 0.3) is 0 Å². The van der Waals surface area contributed by atoms with Crippen LogP contribution in [0.15, 0.2) is 12.7 Å². The van der Waals surface area contributed by atoms with Gasteiger partial charge in [-0.05, 0) is 6.08 Å². The van der Waals surface area contributed by atoms with E-state index >= 15 is 0 Å². The molecule has 0 aromatic heterocycles. The third-order valence-corrected chi connectivity index (χ3v) is 1.34. The molecule has 0 aromatic rings. The van der Waals surface area contributed by atoms with Crippen molar-refractivity contribution in [2.45, 2.75) is 6.04 Å². The van der Waals surface area contributed by atoms with Gasteiger partial charge in [-0.1, -0.05) is 6.58 Å². The van der Waals surface area contributed by atoms with Crippen LogP contribution >= 0.6 is 0 Å². The Kier molecular flexibility index (Phi) is 3.07. The fraction of sp³-hybridized carbons (Fsp3) is 0.571. The van der Waals surface area contributed by atoms with Crippen molar-refractivity contribution < 1.29 is 14.3 Å². The lowest BCUT2D eigenvalue weighted by atomic mass is 10.3. The Morgan fingerprint density at radius 3 is 2.73 bits per heavy atom. The maximum absolute atomic E-state index is 10.7. The highest BCUT2D eigenvalue weighted by atomic mass is 16.7. The summed E-state index contributed by atoms with van der Waals surface area (Å²) in [5, 5.41) is 2.66. The Hall–Kier alpha value is -0.870. The second kappa shape index (κ2) is 4.10. The lowest BCUT2D eigenvalue weighted by Gasteiger charge is -2.22. The number of hydrogen-bond acceptors (Lipinski definition) is 3. The Bertz CT molecular complexity index is 152. The van der Waals surface area contributed by atoms with Gasteiger partial charge in [0.15, 0.2) is 0 Å². The molecule has 0 bridgehead atoms. The van der Waals surface area contributed by atoms with E-state index in [4.69, 9.17) is 9.47 Å². The van der Waals surface area contributed by atoms with Crippen molar-refractivity contribution in [3.63, 3.8) is 0 Å². The molecule has 0 unspecified atom stereocenters. The van der Waals surface area contributed by atoms with E-state index in [9.17, 15) is 4.79 Å². The first-order valence-electron chi connectivity index (χ1n) is 3.41. The van der Waals surface area contributed by atoms with Gasteiger partial charge in [0.05, 0.1) is 19.3 Å². The first kappa shape index (κ1) is 8.23. The number of rotatable bonds is 2. The molecule has 1 N–H and O–H groups in total. The third-order valence-electron chi connectivity index (χ3n) is 1.34. The molecule has 4 heteroatoms. The molecule has 1 aliphatic heterocycles. The highest BCUT2D eigenvalue weighted by Gasteiger charge is 2.14. The second-order valence-corrected chi connectivity index (χ2v) is 2.27. The normalized spacial score (nSPS) is 19.3. The molecule has 0 spiro atoms. The lowest BCUT2D eigenvalue weighted by molar-refractivity contribution is -0.129. The summed E-state index contributed by atoms with van der Waals surface area (Å²) >= 11 is 0. The number of carbonyl (C=O) groups excluding carboxylic acids is 1. The van der Waals surface area contributed by atoms with Crippen LogP contribution in [0.5, 0.6) is 0 Å². The number of hydrogen-bond donors (Lipinski definition) is 1. The second-order valence-electron chi connectivity index (χ2n) is 2.27. The summed E-state index contributed by atoms with van der Waals surface area (Å²) in [5.41, 5.74) is 0. The van der Waals surface area contributed by atoms with Gasteiger partial charge in [0.1, 0.15) is 6.79 Å². The van der Waals surface area contributed by atoms with Crippen molar-refractivity contribution in [2.24, 2.45) is 0 Å². The van der Waals surface area contributed by atoms with Crippen molar-refractivity contribution in [3.05, 3.63) is 12.7 Å². The van der Waals surface area contributed by atoms with Crippen LogP contribution in [0, 0.1) is 0 Å². The van der Waals surface area contributed by atoms with Crippen LogP contribution in [0.1, 0.15) is 0 Å². The van der Waals surface area contributed by atoms with Crippen molar-refractivity contribution in [2.75, 3.05) is 20.0 Å². The maximum Gasteiger partial charge on any atom is 0.243 e. The van der Waals surface area contributed by atoms with E-state index in [1.165, 1.54) is 6.08 Å². The van der Waals surface area contributed by atoms with Crippen molar-refractivity contribution in [1.29, 1.82) is 0 Å². The predicted octanol–water partition coefficient (Wildman–Crippen LogP) is -0.339. The molecule has 1 aliphatic rings. The minimum Gasteiger partial charge on any atom is -0.353 e. The topological polar surface area (TPSA) is 47.6 Å². The first-order chi connectivity index (χ1) is 5.33. The van der Waals surface area contributed by atoms with Crippen molar-refractivity contribution in [1.82, 2.24) is 5.32 Å². The largest absolute Gasteiger partial charge is 0.353 e. The van der Waals surface area contributed by atoms with Gasteiger partial charge in [-0.25, -0.2) is 0 Å². The van der Waals surface area contributed by atoms with Crippen LogP contribution < -0.4 is 5.32 Å². The maximum atomic E-state index is 10.7. The Morgan fingerprint density at radius 2 is 2.18 bits per heavy atom. The van der Waals surface area contributed by atoms with E-state index in [0.717, 1.165) is 0 Å². The fourth-order valence-electron chi connectivity index (χ4n) is 0.831. The summed E-state index contributed by atoms with van der Waals surface area (Å²) in [6.45, 7) is 4.68. The fourth-order valence-corrected chi connectivity index (χ4v) is 0.831. The monoisotopic (exact) mass is 157 g/mol. The van der Waals surface area contributed by atoms with Gasteiger partial charge in [-0.15, -0.1) is 0 Å². The molecule has 1 amide bonds. The van der Waals surface area contributed by atoms with Crippen LogP contribution in [-0.4, -0.2) is 32.0 Å². The van der Waals surface area contributed by atoms with E-state index < -0.39 is 0 Å². The zero-order chi connectivity index (χ0) is 8.10. The van der Waals surface area contributed by atoms with Crippen LogP contribution in [0.3, 0.4) is 0 Å². The average Bonchev–Trinajstić information content (AvgIpc) is 2.06. The van der Waals surface area contributed by atoms with Gasteiger partial charge in [-0.2, -0.15) is 0 Å². The summed E-state index contributed by atoms with van der Waals surface area (Å²) in [7, 11) is 0. The number of carbonyl (C=O) groups is 1. The third kappa shape index (κ3) is 2.69. The summed E-state index contributed by atoms with van der Waals surface area (Å²) in [5.74, 6) is -0.191. The van der Waals surface area contributed by atoms with E-state index in [1.807, 2.05) is 0 Å². The summed E-state index contributed by atoms with van der Waals surface area (Å²) < 4.78 is 9.91. The van der Waals surface area contributed by atoms with Gasteiger partial charge in [-0.3, -0.25) is 4.79 Å². The lowest BCUT2D eigenvalue weighted by Crippen LogP contribution is -2.43. The molecular weight excluding hydrogens is 146 g/mol. The van der Waals surface area contributed by atoms with Crippen molar-refractivity contribution in [3.8, 4) is 0 Å². The van der Waals surface area contributed by atoms with Crippen LogP contribution in [0.2, 0.25) is 0 Å². The van der Waals surface area contributed by atoms with Gasteiger partial charge >= 0.3 is 0 Å².